The molecule has 1 aromatic carbocycles. The van der Waals surface area contributed by atoms with E-state index in [2.05, 4.69) is 19.6 Å². The monoisotopic (exact) mass is 354 g/mol. The Balaban J connectivity index is 1.75. The van der Waals surface area contributed by atoms with Crippen LogP contribution in [0.4, 0.5) is 14.6 Å². The van der Waals surface area contributed by atoms with E-state index in [0.29, 0.717) is 6.07 Å². The largest absolute Gasteiger partial charge is 0.357 e. The summed E-state index contributed by atoms with van der Waals surface area (Å²) in [4.78, 5) is 9.68. The Labute approximate surface area is 138 Å². The van der Waals surface area contributed by atoms with Crippen LogP contribution in [0.25, 0.3) is 0 Å². The molecule has 0 saturated carbocycles. The summed E-state index contributed by atoms with van der Waals surface area (Å²) in [6, 6.07) is 4.03. The zero-order valence-electron chi connectivity index (χ0n) is 12.7. The molecule has 0 bridgehead atoms. The number of sulfonamides is 1. The number of rotatable bonds is 5. The molecule has 0 atom stereocenters. The minimum Gasteiger partial charge on any atom is -0.357 e. The van der Waals surface area contributed by atoms with Crippen LogP contribution in [0, 0.1) is 11.6 Å². The molecule has 1 aliphatic heterocycles. The molecule has 9 heteroatoms. The Morgan fingerprint density at radius 2 is 1.92 bits per heavy atom. The Bertz CT molecular complexity index is 839. The van der Waals surface area contributed by atoms with Crippen LogP contribution in [0.1, 0.15) is 18.7 Å². The van der Waals surface area contributed by atoms with Crippen molar-refractivity contribution in [2.45, 2.75) is 24.3 Å². The fraction of sp³-hybridized carbons (Fsp3) is 0.333. The van der Waals surface area contributed by atoms with E-state index in [1.165, 1.54) is 0 Å². The first-order valence-electron chi connectivity index (χ1n) is 7.47. The summed E-state index contributed by atoms with van der Waals surface area (Å²) in [6.45, 7) is 1.59. The van der Waals surface area contributed by atoms with Gasteiger partial charge in [0.05, 0.1) is 6.54 Å². The number of benzene rings is 1. The van der Waals surface area contributed by atoms with Gasteiger partial charge in [0.2, 0.25) is 10.0 Å². The molecule has 6 nitrogen and oxygen atoms in total. The fourth-order valence-electron chi connectivity index (χ4n) is 2.52. The van der Waals surface area contributed by atoms with E-state index in [-0.39, 0.29) is 12.4 Å². The second kappa shape index (κ2) is 6.78. The van der Waals surface area contributed by atoms with Crippen LogP contribution in [0.3, 0.4) is 0 Å². The Morgan fingerprint density at radius 1 is 1.17 bits per heavy atom. The average molecular weight is 354 g/mol. The summed E-state index contributed by atoms with van der Waals surface area (Å²) in [5.41, 5.74) is 0. The Hall–Kier alpha value is -2.13. The third kappa shape index (κ3) is 3.68. The minimum atomic E-state index is -4.20. The molecule has 1 aromatic heterocycles. The van der Waals surface area contributed by atoms with Gasteiger partial charge in [-0.1, -0.05) is 0 Å². The number of hydrogen-bond donors (Lipinski definition) is 1. The van der Waals surface area contributed by atoms with Crippen LogP contribution in [0.5, 0.6) is 0 Å². The van der Waals surface area contributed by atoms with Crippen molar-refractivity contribution in [1.29, 1.82) is 0 Å². The molecule has 1 saturated heterocycles. The molecule has 2 heterocycles. The van der Waals surface area contributed by atoms with E-state index < -0.39 is 26.6 Å². The van der Waals surface area contributed by atoms with Crippen LogP contribution in [-0.2, 0) is 16.6 Å². The summed E-state index contributed by atoms with van der Waals surface area (Å²) >= 11 is 0. The maximum Gasteiger partial charge on any atom is 0.243 e. The summed E-state index contributed by atoms with van der Waals surface area (Å²) in [6.07, 6.45) is 3.72. The second-order valence-corrected chi connectivity index (χ2v) is 7.16. The minimum absolute atomic E-state index is 0.208. The fourth-order valence-corrected chi connectivity index (χ4v) is 3.58. The SMILES string of the molecule is O=S(=O)(NCc1nccc(N2CCCC2)n1)c1cc(F)ccc1F. The van der Waals surface area contributed by atoms with Crippen molar-refractivity contribution >= 4 is 15.8 Å². The highest BCUT2D eigenvalue weighted by molar-refractivity contribution is 7.89. The summed E-state index contributed by atoms with van der Waals surface area (Å²) < 4.78 is 53.3. The normalized spacial score (nSPS) is 15.0. The molecule has 0 aliphatic carbocycles. The predicted molar refractivity (Wildman–Crippen MR) is 83.9 cm³/mol. The number of nitrogens with zero attached hydrogens (tertiary/aromatic N) is 3. The van der Waals surface area contributed by atoms with Gasteiger partial charge in [-0.15, -0.1) is 0 Å². The molecule has 128 valence electrons. The lowest BCUT2D eigenvalue weighted by Gasteiger charge is -2.16. The molecule has 1 N–H and O–H groups in total. The lowest BCUT2D eigenvalue weighted by molar-refractivity contribution is 0.544. The Morgan fingerprint density at radius 3 is 2.67 bits per heavy atom. The van der Waals surface area contributed by atoms with E-state index in [1.54, 1.807) is 12.3 Å². The summed E-state index contributed by atoms with van der Waals surface area (Å²) in [5.74, 6) is -0.854. The van der Waals surface area contributed by atoms with Crippen LogP contribution < -0.4 is 9.62 Å². The van der Waals surface area contributed by atoms with E-state index in [4.69, 9.17) is 0 Å². The van der Waals surface area contributed by atoms with E-state index in [9.17, 15) is 17.2 Å². The molecule has 1 aliphatic rings. The molecular formula is C15H16F2N4O2S. The van der Waals surface area contributed by atoms with Gasteiger partial charge < -0.3 is 4.90 Å². The zero-order valence-corrected chi connectivity index (χ0v) is 13.6. The molecule has 0 unspecified atom stereocenters. The topological polar surface area (TPSA) is 75.2 Å². The maximum absolute atomic E-state index is 13.6. The molecule has 0 radical (unpaired) electrons. The third-order valence-electron chi connectivity index (χ3n) is 3.72. The first kappa shape index (κ1) is 16.7. The van der Waals surface area contributed by atoms with E-state index in [0.717, 1.165) is 43.9 Å². The van der Waals surface area contributed by atoms with Crippen molar-refractivity contribution < 1.29 is 17.2 Å². The molecule has 24 heavy (non-hydrogen) atoms. The van der Waals surface area contributed by atoms with Crippen molar-refractivity contribution in [3.8, 4) is 0 Å². The van der Waals surface area contributed by atoms with Gasteiger partial charge in [0.1, 0.15) is 28.2 Å². The van der Waals surface area contributed by atoms with Crippen molar-refractivity contribution in [1.82, 2.24) is 14.7 Å². The molecule has 0 amide bonds. The zero-order chi connectivity index (χ0) is 17.2. The molecule has 1 fully saturated rings. The highest BCUT2D eigenvalue weighted by atomic mass is 32.2. The van der Waals surface area contributed by atoms with Crippen LogP contribution in [0.15, 0.2) is 35.4 Å². The first-order chi connectivity index (χ1) is 11.5. The van der Waals surface area contributed by atoms with Crippen molar-refractivity contribution in [3.05, 3.63) is 47.9 Å². The van der Waals surface area contributed by atoms with Crippen LogP contribution in [0.2, 0.25) is 0 Å². The number of nitrogens with one attached hydrogen (secondary N) is 1. The van der Waals surface area contributed by atoms with Gasteiger partial charge in [-0.25, -0.2) is 31.9 Å². The van der Waals surface area contributed by atoms with Gasteiger partial charge in [-0.2, -0.15) is 0 Å². The molecule has 2 aromatic rings. The lowest BCUT2D eigenvalue weighted by atomic mass is 10.3. The maximum atomic E-state index is 13.6. The summed E-state index contributed by atoms with van der Waals surface area (Å²) in [7, 11) is -4.20. The smallest absolute Gasteiger partial charge is 0.243 e. The van der Waals surface area contributed by atoms with Crippen LogP contribution >= 0.6 is 0 Å². The van der Waals surface area contributed by atoms with Gasteiger partial charge >= 0.3 is 0 Å². The first-order valence-corrected chi connectivity index (χ1v) is 8.95. The van der Waals surface area contributed by atoms with Gasteiger partial charge in [0.25, 0.3) is 0 Å². The Kier molecular flexibility index (Phi) is 4.72. The third-order valence-corrected chi connectivity index (χ3v) is 5.14. The quantitative estimate of drug-likeness (QED) is 0.887. The summed E-state index contributed by atoms with van der Waals surface area (Å²) in [5, 5.41) is 0. The number of anilines is 1. The number of halogens is 2. The van der Waals surface area contributed by atoms with Crippen molar-refractivity contribution in [2.24, 2.45) is 0 Å². The molecular weight excluding hydrogens is 338 g/mol. The van der Waals surface area contributed by atoms with E-state index in [1.807, 2.05) is 0 Å². The predicted octanol–water partition coefficient (Wildman–Crippen LogP) is 1.83. The van der Waals surface area contributed by atoms with Gasteiger partial charge in [0, 0.05) is 19.3 Å². The second-order valence-electron chi connectivity index (χ2n) is 5.42. The van der Waals surface area contributed by atoms with Gasteiger partial charge in [-0.3, -0.25) is 0 Å². The van der Waals surface area contributed by atoms with E-state index >= 15 is 0 Å². The highest BCUT2D eigenvalue weighted by Gasteiger charge is 2.20. The van der Waals surface area contributed by atoms with Crippen molar-refractivity contribution in [3.63, 3.8) is 0 Å². The van der Waals surface area contributed by atoms with Gasteiger partial charge in [0.15, 0.2) is 0 Å². The van der Waals surface area contributed by atoms with Gasteiger partial charge in [-0.05, 0) is 37.1 Å². The molecule has 3 rings (SSSR count). The van der Waals surface area contributed by atoms with Crippen molar-refractivity contribution in [2.75, 3.05) is 18.0 Å². The van der Waals surface area contributed by atoms with Crippen LogP contribution in [-0.4, -0.2) is 31.5 Å². The molecule has 0 spiro atoms. The lowest BCUT2D eigenvalue weighted by Crippen LogP contribution is -2.26. The standard InChI is InChI=1S/C15H16F2N4O2S/c16-11-3-4-12(17)13(9-11)24(22,23)19-10-14-18-6-5-15(20-14)21-7-1-2-8-21/h3-6,9,19H,1-2,7-8,10H2. The number of aromatic nitrogens is 2. The average Bonchev–Trinajstić information content (AvgIpc) is 3.10. The number of hydrogen-bond acceptors (Lipinski definition) is 5. The highest BCUT2D eigenvalue weighted by Crippen LogP contribution is 2.18.